The maximum Gasteiger partial charge on any atom is 0.251 e. The molecule has 1 aromatic rings. The zero-order valence-electron chi connectivity index (χ0n) is 15.0. The van der Waals surface area contributed by atoms with Crippen molar-refractivity contribution in [3.05, 3.63) is 35.4 Å². The van der Waals surface area contributed by atoms with Gasteiger partial charge in [-0.15, -0.1) is 0 Å². The topological polar surface area (TPSA) is 75.4 Å². The summed E-state index contributed by atoms with van der Waals surface area (Å²) in [7, 11) is 0. The van der Waals surface area contributed by atoms with Gasteiger partial charge in [-0.05, 0) is 50.2 Å². The fourth-order valence-corrected chi connectivity index (χ4v) is 4.04. The second-order valence-electron chi connectivity index (χ2n) is 7.50. The Labute approximate surface area is 150 Å². The molecular weight excluding hydrogens is 314 g/mol. The second-order valence-corrected chi connectivity index (χ2v) is 7.50. The largest absolute Gasteiger partial charge is 0.349 e. The van der Waals surface area contributed by atoms with Crippen molar-refractivity contribution < 1.29 is 9.59 Å². The number of likely N-dealkylation sites (tertiary alicyclic amines) is 1. The average Bonchev–Trinajstić information content (AvgIpc) is 3.00. The third kappa shape index (κ3) is 4.40. The van der Waals surface area contributed by atoms with Crippen LogP contribution in [0.15, 0.2) is 24.3 Å². The number of nitrogens with one attached hydrogen (secondary N) is 1. The number of nitrogens with two attached hydrogens (primary N) is 1. The van der Waals surface area contributed by atoms with Crippen LogP contribution in [0, 0.1) is 12.8 Å². The highest BCUT2D eigenvalue weighted by Gasteiger charge is 2.30. The summed E-state index contributed by atoms with van der Waals surface area (Å²) in [5.74, 6) is 0.566. The third-order valence-electron chi connectivity index (χ3n) is 5.73. The highest BCUT2D eigenvalue weighted by molar-refractivity contribution is 5.95. The van der Waals surface area contributed by atoms with Gasteiger partial charge in [-0.25, -0.2) is 0 Å². The van der Waals surface area contributed by atoms with E-state index in [2.05, 4.69) is 5.32 Å². The van der Waals surface area contributed by atoms with Crippen molar-refractivity contribution in [2.75, 3.05) is 13.1 Å². The number of hydrogen-bond acceptors (Lipinski definition) is 3. The first kappa shape index (κ1) is 17.9. The molecule has 1 heterocycles. The van der Waals surface area contributed by atoms with E-state index >= 15 is 0 Å². The van der Waals surface area contributed by atoms with Gasteiger partial charge in [0.15, 0.2) is 0 Å². The minimum atomic E-state index is -0.0141. The summed E-state index contributed by atoms with van der Waals surface area (Å²) in [6, 6.07) is 7.96. The van der Waals surface area contributed by atoms with E-state index < -0.39 is 0 Å². The molecule has 3 N–H and O–H groups in total. The van der Waals surface area contributed by atoms with Crippen LogP contribution in [0.25, 0.3) is 0 Å². The van der Waals surface area contributed by atoms with E-state index in [1.165, 1.54) is 0 Å². The third-order valence-corrected chi connectivity index (χ3v) is 5.73. The van der Waals surface area contributed by atoms with Crippen molar-refractivity contribution in [1.29, 1.82) is 0 Å². The van der Waals surface area contributed by atoms with Gasteiger partial charge >= 0.3 is 0 Å². The Hall–Kier alpha value is -1.88. The lowest BCUT2D eigenvalue weighted by Crippen LogP contribution is -2.47. The molecule has 25 heavy (non-hydrogen) atoms. The molecule has 2 atom stereocenters. The summed E-state index contributed by atoms with van der Waals surface area (Å²) in [6.07, 6.45) is 5.49. The zero-order valence-corrected chi connectivity index (χ0v) is 15.0. The molecule has 0 aromatic heterocycles. The molecule has 1 saturated heterocycles. The number of hydrogen-bond donors (Lipinski definition) is 2. The molecule has 1 aliphatic heterocycles. The Morgan fingerprint density at radius 3 is 2.52 bits per heavy atom. The number of aryl methyl sites for hydroxylation is 1. The van der Waals surface area contributed by atoms with Gasteiger partial charge in [0.25, 0.3) is 5.91 Å². The van der Waals surface area contributed by atoms with Crippen LogP contribution in [0.4, 0.5) is 0 Å². The lowest BCUT2D eigenvalue weighted by molar-refractivity contribution is -0.133. The number of nitrogens with zero attached hydrogens (tertiary/aromatic N) is 1. The summed E-state index contributed by atoms with van der Waals surface area (Å²) in [5.41, 5.74) is 7.80. The van der Waals surface area contributed by atoms with Gasteiger partial charge in [-0.2, -0.15) is 0 Å². The van der Waals surface area contributed by atoms with Crippen LogP contribution in [0.3, 0.4) is 0 Å². The van der Waals surface area contributed by atoms with Gasteiger partial charge in [0, 0.05) is 37.2 Å². The van der Waals surface area contributed by atoms with E-state index in [0.717, 1.165) is 56.3 Å². The molecule has 0 radical (unpaired) electrons. The average molecular weight is 343 g/mol. The standard InChI is InChI=1S/C20H29N3O2/c1-14-5-2-3-7-17(14)20(25)22-16-9-11-23(12-10-16)19(24)13-15-6-4-8-18(15)21/h2-3,5,7,15-16,18H,4,6,8-13,21H2,1H3,(H,22,25)/t15-,18+/m0/s1. The maximum absolute atomic E-state index is 12.5. The predicted molar refractivity (Wildman–Crippen MR) is 98.2 cm³/mol. The minimum Gasteiger partial charge on any atom is -0.349 e. The van der Waals surface area contributed by atoms with Crippen LogP contribution >= 0.6 is 0 Å². The van der Waals surface area contributed by atoms with Crippen molar-refractivity contribution >= 4 is 11.8 Å². The SMILES string of the molecule is Cc1ccccc1C(=O)NC1CCN(C(=O)C[C@@H]2CCC[C@H]2N)CC1. The lowest BCUT2D eigenvalue weighted by atomic mass is 9.98. The monoisotopic (exact) mass is 343 g/mol. The Bertz CT molecular complexity index is 623. The molecule has 0 bridgehead atoms. The van der Waals surface area contributed by atoms with Crippen molar-refractivity contribution in [1.82, 2.24) is 10.2 Å². The van der Waals surface area contributed by atoms with Crippen molar-refractivity contribution in [3.8, 4) is 0 Å². The normalized spacial score (nSPS) is 24.3. The first-order chi connectivity index (χ1) is 12.0. The quantitative estimate of drug-likeness (QED) is 0.880. The van der Waals surface area contributed by atoms with Crippen LogP contribution in [0.1, 0.15) is 54.4 Å². The van der Waals surface area contributed by atoms with Crippen LogP contribution in [0.2, 0.25) is 0 Å². The summed E-state index contributed by atoms with van der Waals surface area (Å²) in [6.45, 7) is 3.39. The van der Waals surface area contributed by atoms with E-state index in [1.54, 1.807) is 0 Å². The Morgan fingerprint density at radius 1 is 1.16 bits per heavy atom. The summed E-state index contributed by atoms with van der Waals surface area (Å²) >= 11 is 0. The molecule has 1 aliphatic carbocycles. The molecular formula is C20H29N3O2. The molecule has 2 amide bonds. The first-order valence-corrected chi connectivity index (χ1v) is 9.44. The lowest BCUT2D eigenvalue weighted by Gasteiger charge is -2.33. The number of piperidine rings is 1. The molecule has 3 rings (SSSR count). The van der Waals surface area contributed by atoms with Gasteiger partial charge in [-0.1, -0.05) is 24.6 Å². The maximum atomic E-state index is 12.5. The smallest absolute Gasteiger partial charge is 0.251 e. The van der Waals surface area contributed by atoms with Gasteiger partial charge in [0.05, 0.1) is 0 Å². The highest BCUT2D eigenvalue weighted by Crippen LogP contribution is 2.28. The van der Waals surface area contributed by atoms with Crippen molar-refractivity contribution in [2.24, 2.45) is 11.7 Å². The minimum absolute atomic E-state index is 0.0141. The molecule has 136 valence electrons. The van der Waals surface area contributed by atoms with Crippen molar-refractivity contribution in [2.45, 2.75) is 57.5 Å². The van der Waals surface area contributed by atoms with E-state index in [9.17, 15) is 9.59 Å². The molecule has 5 nitrogen and oxygen atoms in total. The first-order valence-electron chi connectivity index (χ1n) is 9.44. The number of carbonyl (C=O) groups excluding carboxylic acids is 2. The summed E-state index contributed by atoms with van der Waals surface area (Å²) in [5, 5.41) is 3.12. The van der Waals surface area contributed by atoms with E-state index in [0.29, 0.717) is 12.3 Å². The van der Waals surface area contributed by atoms with Gasteiger partial charge in [0.2, 0.25) is 5.91 Å². The van der Waals surface area contributed by atoms with Crippen molar-refractivity contribution in [3.63, 3.8) is 0 Å². The van der Waals surface area contributed by atoms with Crippen LogP contribution in [-0.4, -0.2) is 41.9 Å². The molecule has 1 saturated carbocycles. The summed E-state index contributed by atoms with van der Waals surface area (Å²) < 4.78 is 0. The highest BCUT2D eigenvalue weighted by atomic mass is 16.2. The molecule has 0 spiro atoms. The molecule has 2 fully saturated rings. The van der Waals surface area contributed by atoms with Gasteiger partial charge < -0.3 is 16.0 Å². The number of amides is 2. The van der Waals surface area contributed by atoms with Crippen LogP contribution < -0.4 is 11.1 Å². The number of benzene rings is 1. The fourth-order valence-electron chi connectivity index (χ4n) is 4.04. The van der Waals surface area contributed by atoms with Gasteiger partial charge in [0.1, 0.15) is 0 Å². The number of carbonyl (C=O) groups is 2. The Kier molecular flexibility index (Phi) is 5.74. The molecule has 0 unspecified atom stereocenters. The Balaban J connectivity index is 1.46. The Morgan fingerprint density at radius 2 is 1.88 bits per heavy atom. The van der Waals surface area contributed by atoms with Crippen LogP contribution in [0.5, 0.6) is 0 Å². The van der Waals surface area contributed by atoms with Crippen LogP contribution in [-0.2, 0) is 4.79 Å². The van der Waals surface area contributed by atoms with Gasteiger partial charge in [-0.3, -0.25) is 9.59 Å². The van der Waals surface area contributed by atoms with E-state index in [4.69, 9.17) is 5.73 Å². The molecule has 1 aromatic carbocycles. The molecule has 2 aliphatic rings. The molecule has 5 heteroatoms. The predicted octanol–water partition coefficient (Wildman–Crippen LogP) is 2.23. The summed E-state index contributed by atoms with van der Waals surface area (Å²) in [4.78, 5) is 26.8. The number of rotatable bonds is 4. The fraction of sp³-hybridized carbons (Fsp3) is 0.600. The second kappa shape index (κ2) is 8.00. The zero-order chi connectivity index (χ0) is 17.8. The van der Waals surface area contributed by atoms with E-state index in [1.807, 2.05) is 36.1 Å². The van der Waals surface area contributed by atoms with E-state index in [-0.39, 0.29) is 23.9 Å².